The number of ether oxygens (including phenoxy) is 1. The minimum atomic E-state index is -1.70. The van der Waals surface area contributed by atoms with Crippen LogP contribution in [0.2, 0.25) is 0 Å². The second-order valence-corrected chi connectivity index (χ2v) is 8.95. The van der Waals surface area contributed by atoms with Crippen molar-refractivity contribution in [3.63, 3.8) is 0 Å². The molecule has 7 heteroatoms. The number of Topliss-reactive ketones (excluding diaryl/α,β-unsaturated/α-hetero) is 1. The lowest BCUT2D eigenvalue weighted by Gasteiger charge is -2.28. The fourth-order valence-corrected chi connectivity index (χ4v) is 3.48. The standard InChI is InChI=1S/C24H33NO6/c1-14-16-9-7-6-8-15(16)10-11-17(19(14)27)25-23(30)22(31-5)21(29)20(28)18(26)12-13-24(2,3)4/h6-9,12-13,17-18,20-22,26,28-29H,1,10-11H2,2-5H3,(H,25,30)/b13-12+/t17?,18-,20+,21-,22-/m1/s1. The molecule has 5 atom stereocenters. The van der Waals surface area contributed by atoms with E-state index >= 15 is 0 Å². The Morgan fingerprint density at radius 1 is 1.23 bits per heavy atom. The van der Waals surface area contributed by atoms with Gasteiger partial charge in [-0.1, -0.05) is 63.8 Å². The molecule has 0 radical (unpaired) electrons. The lowest BCUT2D eigenvalue weighted by atomic mass is 9.94. The Hall–Kier alpha value is -2.32. The summed E-state index contributed by atoms with van der Waals surface area (Å²) in [5, 5.41) is 33.5. The van der Waals surface area contributed by atoms with Crippen LogP contribution in [0.3, 0.4) is 0 Å². The zero-order chi connectivity index (χ0) is 23.3. The Morgan fingerprint density at radius 3 is 2.48 bits per heavy atom. The van der Waals surface area contributed by atoms with Gasteiger partial charge in [-0.2, -0.15) is 0 Å². The van der Waals surface area contributed by atoms with E-state index in [4.69, 9.17) is 4.74 Å². The van der Waals surface area contributed by atoms with E-state index in [1.54, 1.807) is 6.08 Å². The summed E-state index contributed by atoms with van der Waals surface area (Å²) in [5.41, 5.74) is 1.82. The van der Waals surface area contributed by atoms with Gasteiger partial charge in [0.05, 0.1) is 6.04 Å². The summed E-state index contributed by atoms with van der Waals surface area (Å²) in [6, 6.07) is 6.62. The second kappa shape index (κ2) is 10.3. The first-order chi connectivity index (χ1) is 14.5. The number of methoxy groups -OCH3 is 1. The Morgan fingerprint density at radius 2 is 1.87 bits per heavy atom. The number of ketones is 1. The summed E-state index contributed by atoms with van der Waals surface area (Å²) in [6.45, 7) is 9.63. The molecular weight excluding hydrogens is 398 g/mol. The summed E-state index contributed by atoms with van der Waals surface area (Å²) in [6.07, 6.45) is -2.22. The lowest BCUT2D eigenvalue weighted by Crippen LogP contribution is -2.54. The van der Waals surface area contributed by atoms with Crippen molar-refractivity contribution >= 4 is 17.3 Å². The van der Waals surface area contributed by atoms with E-state index in [-0.39, 0.29) is 11.2 Å². The minimum absolute atomic E-state index is 0.233. The van der Waals surface area contributed by atoms with Gasteiger partial charge in [-0.3, -0.25) is 9.59 Å². The lowest BCUT2D eigenvalue weighted by molar-refractivity contribution is -0.150. The molecule has 0 fully saturated rings. The van der Waals surface area contributed by atoms with Gasteiger partial charge in [-0.05, 0) is 29.4 Å². The third kappa shape index (κ3) is 6.33. The number of hydrogen-bond donors (Lipinski definition) is 4. The van der Waals surface area contributed by atoms with Gasteiger partial charge in [0.25, 0.3) is 5.91 Å². The first kappa shape index (κ1) is 24.9. The van der Waals surface area contributed by atoms with Crippen LogP contribution in [-0.2, 0) is 20.7 Å². The molecule has 0 bridgehead atoms. The van der Waals surface area contributed by atoms with E-state index in [2.05, 4.69) is 11.9 Å². The van der Waals surface area contributed by atoms with Crippen LogP contribution in [-0.4, -0.2) is 64.6 Å². The zero-order valence-electron chi connectivity index (χ0n) is 18.5. The number of carbonyl (C=O) groups is 2. The number of amides is 1. The molecule has 1 amide bonds. The van der Waals surface area contributed by atoms with E-state index in [9.17, 15) is 24.9 Å². The fraction of sp³-hybridized carbons (Fsp3) is 0.500. The van der Waals surface area contributed by atoms with Crippen molar-refractivity contribution in [1.82, 2.24) is 5.32 Å². The number of nitrogens with one attached hydrogen (secondary N) is 1. The highest BCUT2D eigenvalue weighted by molar-refractivity contribution is 6.23. The number of carbonyl (C=O) groups excluding carboxylic acids is 2. The van der Waals surface area contributed by atoms with Gasteiger partial charge in [0, 0.05) is 12.7 Å². The van der Waals surface area contributed by atoms with E-state index in [0.29, 0.717) is 18.4 Å². The summed E-state index contributed by atoms with van der Waals surface area (Å²) in [5.74, 6) is -1.06. The Balaban J connectivity index is 2.09. The molecule has 0 aliphatic heterocycles. The van der Waals surface area contributed by atoms with Gasteiger partial charge in [-0.15, -0.1) is 0 Å². The van der Waals surface area contributed by atoms with Crippen LogP contribution in [0.15, 0.2) is 43.0 Å². The first-order valence-corrected chi connectivity index (χ1v) is 10.3. The Labute approximate surface area is 183 Å². The number of allylic oxidation sites excluding steroid dienone is 1. The molecule has 0 aromatic heterocycles. The van der Waals surface area contributed by atoms with Crippen LogP contribution in [0.5, 0.6) is 0 Å². The van der Waals surface area contributed by atoms with Crippen molar-refractivity contribution in [1.29, 1.82) is 0 Å². The van der Waals surface area contributed by atoms with Crippen molar-refractivity contribution < 1.29 is 29.6 Å². The Kier molecular flexibility index (Phi) is 8.31. The minimum Gasteiger partial charge on any atom is -0.387 e. The van der Waals surface area contributed by atoms with Gasteiger partial charge in [-0.25, -0.2) is 0 Å². The van der Waals surface area contributed by atoms with Crippen molar-refractivity contribution in [2.75, 3.05) is 7.11 Å². The van der Waals surface area contributed by atoms with Crippen LogP contribution >= 0.6 is 0 Å². The maximum Gasteiger partial charge on any atom is 0.252 e. The van der Waals surface area contributed by atoms with Crippen LogP contribution in [0.1, 0.15) is 38.3 Å². The third-order valence-corrected chi connectivity index (χ3v) is 5.29. The highest BCUT2D eigenvalue weighted by Crippen LogP contribution is 2.26. The SMILES string of the molecule is C=C1C(=O)C(NC(=O)[C@H](OC)[C@H](O)[C@@H](O)[C@H](O)/C=C/C(C)(C)C)CCc2ccccc21. The smallest absolute Gasteiger partial charge is 0.252 e. The average molecular weight is 432 g/mol. The molecule has 2 rings (SSSR count). The van der Waals surface area contributed by atoms with Gasteiger partial charge in [0.2, 0.25) is 0 Å². The molecule has 31 heavy (non-hydrogen) atoms. The van der Waals surface area contributed by atoms with Gasteiger partial charge < -0.3 is 25.4 Å². The summed E-state index contributed by atoms with van der Waals surface area (Å²) in [7, 11) is 1.21. The molecule has 1 aromatic carbocycles. The highest BCUT2D eigenvalue weighted by atomic mass is 16.5. The number of rotatable bonds is 7. The number of fused-ring (bicyclic) bond motifs is 1. The number of hydrogen-bond acceptors (Lipinski definition) is 6. The number of aliphatic hydroxyl groups is 3. The summed E-state index contributed by atoms with van der Waals surface area (Å²) in [4.78, 5) is 25.6. The third-order valence-electron chi connectivity index (χ3n) is 5.29. The molecule has 0 heterocycles. The van der Waals surface area contributed by atoms with Crippen molar-refractivity contribution in [2.45, 2.75) is 64.1 Å². The zero-order valence-corrected chi connectivity index (χ0v) is 18.5. The molecule has 7 nitrogen and oxygen atoms in total. The number of aliphatic hydroxyl groups excluding tert-OH is 3. The van der Waals surface area contributed by atoms with E-state index in [1.165, 1.54) is 13.2 Å². The van der Waals surface area contributed by atoms with Crippen LogP contribution in [0.25, 0.3) is 5.57 Å². The molecule has 170 valence electrons. The number of benzene rings is 1. The monoisotopic (exact) mass is 431 g/mol. The molecule has 4 N–H and O–H groups in total. The normalized spacial score (nSPS) is 21.2. The molecule has 1 aromatic rings. The number of aryl methyl sites for hydroxylation is 1. The van der Waals surface area contributed by atoms with Crippen LogP contribution < -0.4 is 5.32 Å². The predicted octanol–water partition coefficient (Wildman–Crippen LogP) is 1.40. The van der Waals surface area contributed by atoms with Crippen molar-refractivity contribution in [2.24, 2.45) is 5.41 Å². The fourth-order valence-electron chi connectivity index (χ4n) is 3.48. The quantitative estimate of drug-likeness (QED) is 0.295. The predicted molar refractivity (Wildman–Crippen MR) is 118 cm³/mol. The van der Waals surface area contributed by atoms with Gasteiger partial charge in [0.1, 0.15) is 18.3 Å². The average Bonchev–Trinajstić information content (AvgIpc) is 2.83. The van der Waals surface area contributed by atoms with Crippen LogP contribution in [0.4, 0.5) is 0 Å². The van der Waals surface area contributed by atoms with Crippen LogP contribution in [0, 0.1) is 5.41 Å². The van der Waals surface area contributed by atoms with E-state index in [1.807, 2.05) is 45.0 Å². The van der Waals surface area contributed by atoms with Gasteiger partial charge in [0.15, 0.2) is 11.9 Å². The summed E-state index contributed by atoms with van der Waals surface area (Å²) >= 11 is 0. The van der Waals surface area contributed by atoms with Gasteiger partial charge >= 0.3 is 0 Å². The molecule has 1 aliphatic carbocycles. The molecule has 0 saturated carbocycles. The molecular formula is C24H33NO6. The second-order valence-electron chi connectivity index (χ2n) is 8.95. The molecule has 0 saturated heterocycles. The maximum absolute atomic E-state index is 12.8. The maximum atomic E-state index is 12.8. The molecule has 1 aliphatic rings. The van der Waals surface area contributed by atoms with E-state index < -0.39 is 36.4 Å². The topological polar surface area (TPSA) is 116 Å². The highest BCUT2D eigenvalue weighted by Gasteiger charge is 2.37. The molecule has 1 unspecified atom stereocenters. The summed E-state index contributed by atoms with van der Waals surface area (Å²) < 4.78 is 5.10. The Bertz CT molecular complexity index is 841. The van der Waals surface area contributed by atoms with E-state index in [0.717, 1.165) is 11.1 Å². The molecule has 0 spiro atoms. The first-order valence-electron chi connectivity index (χ1n) is 10.3. The largest absolute Gasteiger partial charge is 0.387 e. The van der Waals surface area contributed by atoms with Crippen molar-refractivity contribution in [3.05, 3.63) is 54.1 Å². The van der Waals surface area contributed by atoms with Crippen molar-refractivity contribution in [3.8, 4) is 0 Å².